The fourth-order valence-corrected chi connectivity index (χ4v) is 7.98. The number of carbonyl (C=O) groups is 2. The van der Waals surface area contributed by atoms with Crippen LogP contribution >= 0.6 is 0 Å². The van der Waals surface area contributed by atoms with Crippen LogP contribution in [0.1, 0.15) is 94.2 Å². The largest absolute Gasteiger partial charge is 0.494 e. The zero-order valence-corrected chi connectivity index (χ0v) is 28.6. The lowest BCUT2D eigenvalue weighted by molar-refractivity contribution is -0.130. The van der Waals surface area contributed by atoms with Gasteiger partial charge in [-0.1, -0.05) is 33.1 Å². The quantitative estimate of drug-likeness (QED) is 0.286. The Morgan fingerprint density at radius 3 is 2.68 bits per heavy atom. The number of pyridine rings is 1. The molecular weight excluding hydrogens is 590 g/mol. The van der Waals surface area contributed by atoms with Crippen molar-refractivity contribution in [2.75, 3.05) is 26.7 Å². The highest BCUT2D eigenvalue weighted by Gasteiger charge is 2.34. The van der Waals surface area contributed by atoms with E-state index in [-0.39, 0.29) is 17.9 Å². The zero-order chi connectivity index (χ0) is 32.9. The van der Waals surface area contributed by atoms with E-state index in [0.717, 1.165) is 104 Å². The summed E-state index contributed by atoms with van der Waals surface area (Å²) in [6, 6.07) is 10.2. The predicted molar refractivity (Wildman–Crippen MR) is 184 cm³/mol. The molecule has 0 unspecified atom stereocenters. The average molecular weight is 640 g/mol. The fourth-order valence-electron chi connectivity index (χ4n) is 7.98. The van der Waals surface area contributed by atoms with Crippen molar-refractivity contribution in [1.29, 1.82) is 0 Å². The first-order valence-corrected chi connectivity index (χ1v) is 17.5. The first kappa shape index (κ1) is 31.7. The molecule has 0 aliphatic carbocycles. The van der Waals surface area contributed by atoms with E-state index in [0.29, 0.717) is 23.3 Å². The molecule has 7 rings (SSSR count). The van der Waals surface area contributed by atoms with Gasteiger partial charge in [0.15, 0.2) is 5.82 Å². The number of imidazole rings is 1. The number of likely N-dealkylation sites (tertiary alicyclic amines) is 1. The number of nitrogens with one attached hydrogen (secondary N) is 2. The first-order valence-electron chi connectivity index (χ1n) is 17.5. The summed E-state index contributed by atoms with van der Waals surface area (Å²) in [6.45, 7) is 9.45. The van der Waals surface area contributed by atoms with Crippen LogP contribution in [0, 0.1) is 11.3 Å². The molecule has 1 aromatic carbocycles. The van der Waals surface area contributed by atoms with Crippen molar-refractivity contribution in [3.8, 4) is 17.3 Å². The van der Waals surface area contributed by atoms with Crippen LogP contribution < -0.4 is 15.4 Å². The SMILES string of the molecule is COc1cc(C(=O)N2CC[C@@H]3CCCN[C@@H]3C2)cc2nc(-c3cc4ccc5nc4n3CCCCCCC(C)(C)C(=O)N[C@@H]5C)n(C)c12. The highest BCUT2D eigenvalue weighted by Crippen LogP contribution is 2.36. The zero-order valence-electron chi connectivity index (χ0n) is 28.6. The predicted octanol–water partition coefficient (Wildman–Crippen LogP) is 5.98. The van der Waals surface area contributed by atoms with Gasteiger partial charge in [0, 0.05) is 49.1 Å². The Bertz CT molecular complexity index is 1820. The topological polar surface area (TPSA) is 106 Å². The van der Waals surface area contributed by atoms with Crippen LogP contribution in [0.3, 0.4) is 0 Å². The Hall–Kier alpha value is -3.92. The van der Waals surface area contributed by atoms with E-state index in [4.69, 9.17) is 14.7 Å². The Balaban J connectivity index is 1.26. The van der Waals surface area contributed by atoms with E-state index in [2.05, 4.69) is 31.9 Å². The number of aryl methyl sites for hydroxylation is 2. The summed E-state index contributed by atoms with van der Waals surface area (Å²) >= 11 is 0. The number of fused-ring (bicyclic) bond motifs is 3. The van der Waals surface area contributed by atoms with Gasteiger partial charge >= 0.3 is 0 Å². The molecule has 2 bridgehead atoms. The standard InChI is InChI=1S/C37H49N7O3/c1-23-27-13-12-25-20-30(44(33(25)40-27)17-9-7-6-8-15-37(2,3)36(46)39-23)34-41-28-19-26(21-31(47-5)32(28)42(34)4)35(45)43-18-14-24-11-10-16-38-29(24)22-43/h12-13,19-21,23-24,29,38H,6-11,14-18,22H2,1-5H3,(H,39,46)/t23-,24+,29-/m1/s1. The third-order valence-corrected chi connectivity index (χ3v) is 10.9. The number of benzene rings is 1. The molecule has 0 radical (unpaired) electrons. The van der Waals surface area contributed by atoms with Gasteiger partial charge in [0.1, 0.15) is 16.9 Å². The Morgan fingerprint density at radius 2 is 1.85 bits per heavy atom. The van der Waals surface area contributed by atoms with E-state index < -0.39 is 5.41 Å². The number of aromatic nitrogens is 4. The lowest BCUT2D eigenvalue weighted by Gasteiger charge is -2.41. The molecule has 10 heteroatoms. The summed E-state index contributed by atoms with van der Waals surface area (Å²) in [6.07, 6.45) is 8.54. The summed E-state index contributed by atoms with van der Waals surface area (Å²) in [4.78, 5) is 39.3. The summed E-state index contributed by atoms with van der Waals surface area (Å²) in [5.41, 5.74) is 4.51. The summed E-state index contributed by atoms with van der Waals surface area (Å²) in [5.74, 6) is 2.21. The van der Waals surface area contributed by atoms with Crippen LogP contribution in [0.15, 0.2) is 30.3 Å². The molecule has 3 aliphatic heterocycles. The molecule has 0 saturated carbocycles. The normalized spacial score (nSPS) is 23.8. The molecule has 10 nitrogen and oxygen atoms in total. The summed E-state index contributed by atoms with van der Waals surface area (Å²) < 4.78 is 10.3. The molecule has 0 spiro atoms. The number of piperidine rings is 2. The minimum atomic E-state index is -0.412. The maximum Gasteiger partial charge on any atom is 0.254 e. The van der Waals surface area contributed by atoms with Gasteiger partial charge in [-0.3, -0.25) is 9.59 Å². The molecular formula is C37H49N7O3. The van der Waals surface area contributed by atoms with E-state index >= 15 is 0 Å². The first-order chi connectivity index (χ1) is 22.6. The molecule has 2 fully saturated rings. The Morgan fingerprint density at radius 1 is 1.02 bits per heavy atom. The van der Waals surface area contributed by atoms with Crippen LogP contribution in [0.2, 0.25) is 0 Å². The lowest BCUT2D eigenvalue weighted by atomic mass is 9.85. The second-order valence-corrected chi connectivity index (χ2v) is 14.6. The minimum absolute atomic E-state index is 0.0341. The van der Waals surface area contributed by atoms with Crippen LogP contribution in [0.25, 0.3) is 33.6 Å². The lowest BCUT2D eigenvalue weighted by Crippen LogP contribution is -2.54. The van der Waals surface area contributed by atoms with E-state index in [1.165, 1.54) is 12.8 Å². The number of hydrogen-bond acceptors (Lipinski definition) is 6. The van der Waals surface area contributed by atoms with E-state index in [9.17, 15) is 9.59 Å². The van der Waals surface area contributed by atoms with Gasteiger partial charge in [-0.2, -0.15) is 0 Å². The van der Waals surface area contributed by atoms with Crippen molar-refractivity contribution < 1.29 is 14.3 Å². The summed E-state index contributed by atoms with van der Waals surface area (Å²) in [7, 11) is 3.67. The third kappa shape index (κ3) is 5.90. The second kappa shape index (κ2) is 12.6. The molecule has 3 aromatic heterocycles. The monoisotopic (exact) mass is 639 g/mol. The number of amides is 2. The molecule has 2 amide bonds. The average Bonchev–Trinajstić information content (AvgIpc) is 3.61. The van der Waals surface area contributed by atoms with Crippen molar-refractivity contribution >= 4 is 33.9 Å². The van der Waals surface area contributed by atoms with Crippen molar-refractivity contribution in [3.63, 3.8) is 0 Å². The number of methoxy groups -OCH3 is 1. The number of ether oxygens (including phenoxy) is 1. The Kier molecular flexibility index (Phi) is 8.49. The fraction of sp³-hybridized carbons (Fsp3) is 0.568. The van der Waals surface area contributed by atoms with Crippen molar-refractivity contribution in [1.82, 2.24) is 34.6 Å². The molecule has 2 N–H and O–H groups in total. The maximum atomic E-state index is 13.9. The Labute approximate surface area is 277 Å². The molecule has 3 atom stereocenters. The molecule has 4 aromatic rings. The van der Waals surface area contributed by atoms with Gasteiger partial charge in [0.05, 0.1) is 30.1 Å². The highest BCUT2D eigenvalue weighted by atomic mass is 16.5. The van der Waals surface area contributed by atoms with Crippen molar-refractivity contribution in [2.24, 2.45) is 18.4 Å². The van der Waals surface area contributed by atoms with E-state index in [1.54, 1.807) is 7.11 Å². The molecule has 2 saturated heterocycles. The van der Waals surface area contributed by atoms with Gasteiger partial charge in [-0.05, 0) is 81.8 Å². The van der Waals surface area contributed by atoms with Crippen molar-refractivity contribution in [3.05, 3.63) is 41.6 Å². The van der Waals surface area contributed by atoms with Gasteiger partial charge in [-0.25, -0.2) is 9.97 Å². The van der Waals surface area contributed by atoms with Gasteiger partial charge in [0.2, 0.25) is 5.91 Å². The van der Waals surface area contributed by atoms with Crippen LogP contribution in [0.4, 0.5) is 0 Å². The number of rotatable bonds is 3. The van der Waals surface area contributed by atoms with Gasteiger partial charge in [0.25, 0.3) is 5.91 Å². The third-order valence-electron chi connectivity index (χ3n) is 10.9. The smallest absolute Gasteiger partial charge is 0.254 e. The molecule has 250 valence electrons. The minimum Gasteiger partial charge on any atom is -0.494 e. The molecule has 47 heavy (non-hydrogen) atoms. The second-order valence-electron chi connectivity index (χ2n) is 14.6. The van der Waals surface area contributed by atoms with Crippen LogP contribution in [0.5, 0.6) is 5.75 Å². The highest BCUT2D eigenvalue weighted by molar-refractivity contribution is 6.00. The van der Waals surface area contributed by atoms with Gasteiger partial charge in [-0.15, -0.1) is 0 Å². The molecule has 6 heterocycles. The summed E-state index contributed by atoms with van der Waals surface area (Å²) in [5, 5.41) is 7.89. The van der Waals surface area contributed by atoms with E-state index in [1.807, 2.05) is 50.9 Å². The number of carbonyl (C=O) groups excluding carboxylic acids is 2. The number of hydrogen-bond donors (Lipinski definition) is 2. The van der Waals surface area contributed by atoms with Gasteiger partial charge < -0.3 is 29.4 Å². The van der Waals surface area contributed by atoms with Crippen LogP contribution in [-0.2, 0) is 18.4 Å². The molecule has 3 aliphatic rings. The van der Waals surface area contributed by atoms with Crippen molar-refractivity contribution in [2.45, 2.75) is 90.8 Å². The van der Waals surface area contributed by atoms with Crippen LogP contribution in [-0.4, -0.2) is 68.6 Å². The maximum absolute atomic E-state index is 13.9. The number of nitrogens with zero attached hydrogens (tertiary/aromatic N) is 5.